The molecule has 1 aliphatic heterocycles. The van der Waals surface area contributed by atoms with Gasteiger partial charge in [0.05, 0.1) is 25.6 Å². The fourth-order valence-corrected chi connectivity index (χ4v) is 2.24. The van der Waals surface area contributed by atoms with Gasteiger partial charge in [-0.1, -0.05) is 6.07 Å². The number of benzene rings is 1. The van der Waals surface area contributed by atoms with Crippen molar-refractivity contribution in [1.82, 2.24) is 4.98 Å². The molecule has 0 spiro atoms. The molecule has 112 valence electrons. The fraction of sp³-hybridized carbons (Fsp3) is 0.176. The Morgan fingerprint density at radius 1 is 1.36 bits per heavy atom. The summed E-state index contributed by atoms with van der Waals surface area (Å²) >= 11 is 0. The Balaban J connectivity index is 1.63. The van der Waals surface area contributed by atoms with E-state index >= 15 is 0 Å². The molecule has 0 saturated carbocycles. The zero-order chi connectivity index (χ0) is 15.4. The molecular formula is C17H16N2O3. The van der Waals surface area contributed by atoms with Crippen molar-refractivity contribution in [3.8, 4) is 11.6 Å². The Kier molecular flexibility index (Phi) is 4.05. The van der Waals surface area contributed by atoms with Crippen molar-refractivity contribution < 1.29 is 14.3 Å². The minimum Gasteiger partial charge on any atom is -0.493 e. The molecule has 0 radical (unpaired) electrons. The molecule has 5 heteroatoms. The first-order valence-electron chi connectivity index (χ1n) is 6.99. The van der Waals surface area contributed by atoms with Gasteiger partial charge < -0.3 is 14.8 Å². The molecule has 0 saturated heterocycles. The van der Waals surface area contributed by atoms with Gasteiger partial charge in [-0.25, -0.2) is 4.98 Å². The van der Waals surface area contributed by atoms with Crippen LogP contribution in [0, 0.1) is 0 Å². The summed E-state index contributed by atoms with van der Waals surface area (Å²) in [5.74, 6) is 1.24. The Morgan fingerprint density at radius 3 is 3.05 bits per heavy atom. The van der Waals surface area contributed by atoms with Gasteiger partial charge in [0.25, 0.3) is 0 Å². The molecule has 5 nitrogen and oxygen atoms in total. The summed E-state index contributed by atoms with van der Waals surface area (Å²) < 4.78 is 10.4. The highest BCUT2D eigenvalue weighted by Crippen LogP contribution is 2.26. The lowest BCUT2D eigenvalue weighted by molar-refractivity contribution is -0.111. The molecule has 0 bridgehead atoms. The number of nitrogens with one attached hydrogen (secondary N) is 1. The first kappa shape index (κ1) is 14.1. The van der Waals surface area contributed by atoms with Crippen LogP contribution in [0.1, 0.15) is 11.1 Å². The van der Waals surface area contributed by atoms with Crippen molar-refractivity contribution in [2.75, 3.05) is 19.0 Å². The lowest BCUT2D eigenvalue weighted by Crippen LogP contribution is -2.07. The third-order valence-electron chi connectivity index (χ3n) is 3.35. The highest BCUT2D eigenvalue weighted by molar-refractivity contribution is 6.01. The van der Waals surface area contributed by atoms with Gasteiger partial charge in [-0.2, -0.15) is 0 Å². The number of anilines is 1. The zero-order valence-corrected chi connectivity index (χ0v) is 12.2. The van der Waals surface area contributed by atoms with Crippen molar-refractivity contribution in [2.24, 2.45) is 0 Å². The van der Waals surface area contributed by atoms with Crippen LogP contribution in [0.4, 0.5) is 5.69 Å². The van der Waals surface area contributed by atoms with Crippen LogP contribution in [-0.4, -0.2) is 24.6 Å². The molecule has 22 heavy (non-hydrogen) atoms. The molecular weight excluding hydrogens is 280 g/mol. The Morgan fingerprint density at radius 2 is 2.27 bits per heavy atom. The number of nitrogens with zero attached hydrogens (tertiary/aromatic N) is 1. The van der Waals surface area contributed by atoms with Crippen LogP contribution >= 0.6 is 0 Å². The van der Waals surface area contributed by atoms with E-state index in [-0.39, 0.29) is 5.91 Å². The van der Waals surface area contributed by atoms with Crippen LogP contribution in [0.5, 0.6) is 11.6 Å². The SMILES string of the molecule is COc1ccc(NC(=O)/C=C/c2ccc3c(c2)CCO3)cn1. The Labute approximate surface area is 128 Å². The summed E-state index contributed by atoms with van der Waals surface area (Å²) in [7, 11) is 1.55. The highest BCUT2D eigenvalue weighted by atomic mass is 16.5. The molecule has 1 N–H and O–H groups in total. The number of carbonyl (C=O) groups excluding carboxylic acids is 1. The second-order valence-electron chi connectivity index (χ2n) is 4.88. The first-order chi connectivity index (χ1) is 10.7. The van der Waals surface area contributed by atoms with E-state index in [1.807, 2.05) is 18.2 Å². The number of pyridine rings is 1. The normalized spacial score (nSPS) is 12.8. The number of ether oxygens (including phenoxy) is 2. The summed E-state index contributed by atoms with van der Waals surface area (Å²) in [6, 6.07) is 9.35. The standard InChI is InChI=1S/C17H16N2O3/c1-21-17-7-4-14(11-18-17)19-16(20)6-3-12-2-5-15-13(10-12)8-9-22-15/h2-7,10-11H,8-9H2,1H3,(H,19,20)/b6-3+. The van der Waals surface area contributed by atoms with Gasteiger partial charge in [0.2, 0.25) is 11.8 Å². The van der Waals surface area contributed by atoms with Gasteiger partial charge >= 0.3 is 0 Å². The monoisotopic (exact) mass is 296 g/mol. The maximum absolute atomic E-state index is 11.9. The van der Waals surface area contributed by atoms with Crippen LogP contribution < -0.4 is 14.8 Å². The molecule has 1 aromatic heterocycles. The molecule has 0 aliphatic carbocycles. The van der Waals surface area contributed by atoms with E-state index < -0.39 is 0 Å². The molecule has 3 rings (SSSR count). The third-order valence-corrected chi connectivity index (χ3v) is 3.35. The molecule has 0 atom stereocenters. The number of methoxy groups -OCH3 is 1. The topological polar surface area (TPSA) is 60.5 Å². The van der Waals surface area contributed by atoms with Crippen molar-refractivity contribution in [3.63, 3.8) is 0 Å². The maximum Gasteiger partial charge on any atom is 0.248 e. The van der Waals surface area contributed by atoms with Crippen molar-refractivity contribution >= 4 is 17.7 Å². The van der Waals surface area contributed by atoms with Crippen LogP contribution in [0.3, 0.4) is 0 Å². The lowest BCUT2D eigenvalue weighted by atomic mass is 10.1. The number of hydrogen-bond donors (Lipinski definition) is 1. The second-order valence-corrected chi connectivity index (χ2v) is 4.88. The molecule has 0 fully saturated rings. The van der Waals surface area contributed by atoms with E-state index in [9.17, 15) is 4.79 Å². The minimum atomic E-state index is -0.205. The van der Waals surface area contributed by atoms with Crippen molar-refractivity contribution in [2.45, 2.75) is 6.42 Å². The smallest absolute Gasteiger partial charge is 0.248 e. The largest absolute Gasteiger partial charge is 0.493 e. The number of amides is 1. The van der Waals surface area contributed by atoms with Crippen molar-refractivity contribution in [1.29, 1.82) is 0 Å². The van der Waals surface area contributed by atoms with E-state index in [1.165, 1.54) is 11.6 Å². The Hall–Kier alpha value is -2.82. The van der Waals surface area contributed by atoms with Crippen LogP contribution in [0.2, 0.25) is 0 Å². The number of carbonyl (C=O) groups is 1. The first-order valence-corrected chi connectivity index (χ1v) is 6.99. The molecule has 1 aromatic carbocycles. The van der Waals surface area contributed by atoms with Crippen LogP contribution in [0.25, 0.3) is 6.08 Å². The lowest BCUT2D eigenvalue weighted by Gasteiger charge is -2.03. The van der Waals surface area contributed by atoms with Crippen molar-refractivity contribution in [3.05, 3.63) is 53.7 Å². The number of hydrogen-bond acceptors (Lipinski definition) is 4. The van der Waals surface area contributed by atoms with Gasteiger partial charge in [0, 0.05) is 18.6 Å². The number of rotatable bonds is 4. The average molecular weight is 296 g/mol. The second kappa shape index (κ2) is 6.30. The molecule has 1 aliphatic rings. The predicted octanol–water partition coefficient (Wildman–Crippen LogP) is 2.68. The minimum absolute atomic E-state index is 0.205. The summed E-state index contributed by atoms with van der Waals surface area (Å²) in [4.78, 5) is 15.9. The van der Waals surface area contributed by atoms with Crippen LogP contribution in [0.15, 0.2) is 42.6 Å². The predicted molar refractivity (Wildman–Crippen MR) is 84.1 cm³/mol. The van der Waals surface area contributed by atoms with Gasteiger partial charge in [0.1, 0.15) is 5.75 Å². The Bertz CT molecular complexity index is 708. The molecule has 2 aromatic rings. The fourth-order valence-electron chi connectivity index (χ4n) is 2.24. The third kappa shape index (κ3) is 3.25. The van der Waals surface area contributed by atoms with E-state index in [1.54, 1.807) is 31.5 Å². The quantitative estimate of drug-likeness (QED) is 0.881. The highest BCUT2D eigenvalue weighted by Gasteiger charge is 2.11. The summed E-state index contributed by atoms with van der Waals surface area (Å²) in [6.07, 6.45) is 5.75. The van der Waals surface area contributed by atoms with E-state index in [2.05, 4.69) is 10.3 Å². The van der Waals surface area contributed by atoms with E-state index in [0.717, 1.165) is 24.3 Å². The van der Waals surface area contributed by atoms with Crippen LogP contribution in [-0.2, 0) is 11.2 Å². The summed E-state index contributed by atoms with van der Waals surface area (Å²) in [5, 5.41) is 2.75. The molecule has 1 amide bonds. The summed E-state index contributed by atoms with van der Waals surface area (Å²) in [5.41, 5.74) is 2.78. The van der Waals surface area contributed by atoms with Gasteiger partial charge in [0.15, 0.2) is 0 Å². The van der Waals surface area contributed by atoms with E-state index in [4.69, 9.17) is 9.47 Å². The van der Waals surface area contributed by atoms with Gasteiger partial charge in [-0.15, -0.1) is 0 Å². The number of aromatic nitrogens is 1. The van der Waals surface area contributed by atoms with Gasteiger partial charge in [-0.05, 0) is 35.4 Å². The maximum atomic E-state index is 11.9. The zero-order valence-electron chi connectivity index (χ0n) is 12.2. The summed E-state index contributed by atoms with van der Waals surface area (Å²) in [6.45, 7) is 0.730. The van der Waals surface area contributed by atoms with E-state index in [0.29, 0.717) is 11.6 Å². The van der Waals surface area contributed by atoms with Gasteiger partial charge in [-0.3, -0.25) is 4.79 Å². The number of fused-ring (bicyclic) bond motifs is 1. The molecule has 0 unspecified atom stereocenters. The molecule has 2 heterocycles. The average Bonchev–Trinajstić information content (AvgIpc) is 3.01.